The van der Waals surface area contributed by atoms with E-state index in [2.05, 4.69) is 18.3 Å². The Hall–Kier alpha value is -1.06. The predicted octanol–water partition coefficient (Wildman–Crippen LogP) is 2.65. The summed E-state index contributed by atoms with van der Waals surface area (Å²) in [6.45, 7) is 2.52. The predicted molar refractivity (Wildman–Crippen MR) is 72.8 cm³/mol. The zero-order chi connectivity index (χ0) is 13.0. The van der Waals surface area contributed by atoms with Gasteiger partial charge in [-0.05, 0) is 44.5 Å². The van der Waals surface area contributed by atoms with Crippen LogP contribution in [-0.4, -0.2) is 24.4 Å². The van der Waals surface area contributed by atoms with Crippen molar-refractivity contribution < 1.29 is 9.84 Å². The van der Waals surface area contributed by atoms with Crippen LogP contribution in [0.5, 0.6) is 5.75 Å². The molecule has 100 valence electrons. The summed E-state index contributed by atoms with van der Waals surface area (Å²) in [6.07, 6.45) is 3.94. The summed E-state index contributed by atoms with van der Waals surface area (Å²) in [5.74, 6) is 0.843. The van der Waals surface area contributed by atoms with Gasteiger partial charge in [-0.25, -0.2) is 0 Å². The topological polar surface area (TPSA) is 41.5 Å². The van der Waals surface area contributed by atoms with Crippen molar-refractivity contribution in [1.29, 1.82) is 0 Å². The average molecular weight is 249 g/mol. The SMILES string of the molecule is CNC(C)c1cccc(OCC2(O)CCCC2)c1. The van der Waals surface area contributed by atoms with Gasteiger partial charge in [-0.1, -0.05) is 25.0 Å². The van der Waals surface area contributed by atoms with Crippen molar-refractivity contribution in [3.63, 3.8) is 0 Å². The van der Waals surface area contributed by atoms with E-state index in [-0.39, 0.29) is 0 Å². The van der Waals surface area contributed by atoms with Crippen LogP contribution in [0.25, 0.3) is 0 Å². The summed E-state index contributed by atoms with van der Waals surface area (Å²) in [6, 6.07) is 8.38. The zero-order valence-corrected chi connectivity index (χ0v) is 11.3. The summed E-state index contributed by atoms with van der Waals surface area (Å²) in [7, 11) is 1.94. The number of aliphatic hydroxyl groups is 1. The van der Waals surface area contributed by atoms with Gasteiger partial charge in [0.1, 0.15) is 12.4 Å². The van der Waals surface area contributed by atoms with Gasteiger partial charge in [-0.15, -0.1) is 0 Å². The van der Waals surface area contributed by atoms with E-state index >= 15 is 0 Å². The monoisotopic (exact) mass is 249 g/mol. The molecule has 0 aliphatic heterocycles. The number of hydrogen-bond acceptors (Lipinski definition) is 3. The Morgan fingerprint density at radius 3 is 2.78 bits per heavy atom. The summed E-state index contributed by atoms with van der Waals surface area (Å²) >= 11 is 0. The first-order valence-corrected chi connectivity index (χ1v) is 6.75. The quantitative estimate of drug-likeness (QED) is 0.843. The highest BCUT2D eigenvalue weighted by Gasteiger charge is 2.31. The lowest BCUT2D eigenvalue weighted by Crippen LogP contribution is -2.32. The fourth-order valence-electron chi connectivity index (χ4n) is 2.44. The second-order valence-corrected chi connectivity index (χ2v) is 5.30. The van der Waals surface area contributed by atoms with Crippen LogP contribution in [0.2, 0.25) is 0 Å². The highest BCUT2D eigenvalue weighted by Crippen LogP contribution is 2.30. The first kappa shape index (κ1) is 13.4. The molecule has 3 heteroatoms. The van der Waals surface area contributed by atoms with Gasteiger partial charge in [-0.3, -0.25) is 0 Å². The Morgan fingerprint density at radius 1 is 1.39 bits per heavy atom. The van der Waals surface area contributed by atoms with Crippen molar-refractivity contribution in [2.45, 2.75) is 44.2 Å². The molecule has 0 heterocycles. The molecule has 0 spiro atoms. The lowest BCUT2D eigenvalue weighted by atomic mass is 10.0. The van der Waals surface area contributed by atoms with Gasteiger partial charge in [0.2, 0.25) is 0 Å². The first-order chi connectivity index (χ1) is 8.63. The van der Waals surface area contributed by atoms with Crippen LogP contribution in [0, 0.1) is 0 Å². The lowest BCUT2D eigenvalue weighted by molar-refractivity contribution is 0.00138. The maximum absolute atomic E-state index is 10.2. The highest BCUT2D eigenvalue weighted by molar-refractivity contribution is 5.30. The second kappa shape index (κ2) is 5.72. The molecule has 1 atom stereocenters. The largest absolute Gasteiger partial charge is 0.491 e. The molecule has 1 aliphatic carbocycles. The van der Waals surface area contributed by atoms with Gasteiger partial charge in [-0.2, -0.15) is 0 Å². The Morgan fingerprint density at radius 2 is 2.11 bits per heavy atom. The maximum atomic E-state index is 10.2. The smallest absolute Gasteiger partial charge is 0.119 e. The molecule has 1 saturated carbocycles. The highest BCUT2D eigenvalue weighted by atomic mass is 16.5. The van der Waals surface area contributed by atoms with Crippen LogP contribution >= 0.6 is 0 Å². The van der Waals surface area contributed by atoms with Crippen LogP contribution in [0.3, 0.4) is 0 Å². The standard InChI is InChI=1S/C15H23NO2/c1-12(16-2)13-6-5-7-14(10-13)18-11-15(17)8-3-4-9-15/h5-7,10,12,16-17H,3-4,8-9,11H2,1-2H3. The van der Waals surface area contributed by atoms with E-state index in [0.717, 1.165) is 31.4 Å². The fourth-order valence-corrected chi connectivity index (χ4v) is 2.44. The minimum atomic E-state index is -0.607. The molecule has 18 heavy (non-hydrogen) atoms. The van der Waals surface area contributed by atoms with E-state index in [1.54, 1.807) is 0 Å². The summed E-state index contributed by atoms with van der Waals surface area (Å²) in [4.78, 5) is 0. The molecule has 0 radical (unpaired) electrons. The number of rotatable bonds is 5. The number of hydrogen-bond donors (Lipinski definition) is 2. The second-order valence-electron chi connectivity index (χ2n) is 5.30. The van der Waals surface area contributed by atoms with E-state index in [9.17, 15) is 5.11 Å². The van der Waals surface area contributed by atoms with E-state index in [1.165, 1.54) is 5.56 Å². The molecular formula is C15H23NO2. The summed E-state index contributed by atoms with van der Waals surface area (Å²) < 4.78 is 5.75. The van der Waals surface area contributed by atoms with Gasteiger partial charge < -0.3 is 15.2 Å². The van der Waals surface area contributed by atoms with Crippen molar-refractivity contribution in [3.05, 3.63) is 29.8 Å². The van der Waals surface area contributed by atoms with Crippen molar-refractivity contribution in [3.8, 4) is 5.75 Å². The van der Waals surface area contributed by atoms with Gasteiger partial charge in [0.05, 0.1) is 5.60 Å². The van der Waals surface area contributed by atoms with Crippen LogP contribution in [-0.2, 0) is 0 Å². The van der Waals surface area contributed by atoms with Gasteiger partial charge in [0, 0.05) is 6.04 Å². The number of benzene rings is 1. The molecule has 0 amide bonds. The Kier molecular flexibility index (Phi) is 4.25. The average Bonchev–Trinajstić information content (AvgIpc) is 2.83. The summed E-state index contributed by atoms with van der Waals surface area (Å²) in [5, 5.41) is 13.4. The molecule has 0 bridgehead atoms. The molecule has 0 aromatic heterocycles. The Balaban J connectivity index is 1.97. The Bertz CT molecular complexity index is 386. The Labute approximate surface area is 109 Å². The molecule has 1 aromatic carbocycles. The van der Waals surface area contributed by atoms with Crippen LogP contribution in [0.4, 0.5) is 0 Å². The van der Waals surface area contributed by atoms with Crippen LogP contribution < -0.4 is 10.1 Å². The van der Waals surface area contributed by atoms with Crippen molar-refractivity contribution in [2.75, 3.05) is 13.7 Å². The lowest BCUT2D eigenvalue weighted by Gasteiger charge is -2.22. The van der Waals surface area contributed by atoms with Gasteiger partial charge in [0.25, 0.3) is 0 Å². The van der Waals surface area contributed by atoms with Crippen molar-refractivity contribution in [2.24, 2.45) is 0 Å². The molecular weight excluding hydrogens is 226 g/mol. The number of nitrogens with one attached hydrogen (secondary N) is 1. The van der Waals surface area contributed by atoms with Crippen molar-refractivity contribution >= 4 is 0 Å². The first-order valence-electron chi connectivity index (χ1n) is 6.75. The normalized spacial score (nSPS) is 19.7. The van der Waals surface area contributed by atoms with Gasteiger partial charge in [0.15, 0.2) is 0 Å². The third kappa shape index (κ3) is 3.24. The molecule has 2 rings (SSSR count). The summed E-state index contributed by atoms with van der Waals surface area (Å²) in [5.41, 5.74) is 0.596. The maximum Gasteiger partial charge on any atom is 0.119 e. The molecule has 3 nitrogen and oxygen atoms in total. The molecule has 1 fully saturated rings. The van der Waals surface area contributed by atoms with Crippen molar-refractivity contribution in [1.82, 2.24) is 5.32 Å². The third-order valence-electron chi connectivity index (χ3n) is 3.83. The third-order valence-corrected chi connectivity index (χ3v) is 3.83. The van der Waals surface area contributed by atoms with E-state index in [4.69, 9.17) is 4.74 Å². The number of ether oxygens (including phenoxy) is 1. The molecule has 1 unspecified atom stereocenters. The van der Waals surface area contributed by atoms with E-state index in [1.807, 2.05) is 25.2 Å². The molecule has 2 N–H and O–H groups in total. The van der Waals surface area contributed by atoms with E-state index in [0.29, 0.717) is 12.6 Å². The van der Waals surface area contributed by atoms with Crippen LogP contribution in [0.15, 0.2) is 24.3 Å². The van der Waals surface area contributed by atoms with Gasteiger partial charge >= 0.3 is 0 Å². The molecule has 1 aliphatic rings. The fraction of sp³-hybridized carbons (Fsp3) is 0.600. The van der Waals surface area contributed by atoms with E-state index < -0.39 is 5.60 Å². The minimum Gasteiger partial charge on any atom is -0.491 e. The molecule has 1 aromatic rings. The minimum absolute atomic E-state index is 0.308. The van der Waals surface area contributed by atoms with Crippen LogP contribution in [0.1, 0.15) is 44.2 Å². The molecule has 0 saturated heterocycles. The zero-order valence-electron chi connectivity index (χ0n) is 11.3.